The molecule has 4 heterocycles. The fraction of sp³-hybridized carbons (Fsp3) is 0.350. The summed E-state index contributed by atoms with van der Waals surface area (Å²) in [6, 6.07) is 6.65. The Balaban J connectivity index is 1.41. The van der Waals surface area contributed by atoms with E-state index in [-0.39, 0.29) is 5.69 Å². The minimum atomic E-state index is 0.274. The predicted octanol–water partition coefficient (Wildman–Crippen LogP) is 2.20. The zero-order chi connectivity index (χ0) is 20.2. The molecular weight excluding hydrogens is 366 g/mol. The summed E-state index contributed by atoms with van der Waals surface area (Å²) in [6.07, 6.45) is 9.56. The van der Waals surface area contributed by atoms with E-state index in [4.69, 9.17) is 5.26 Å². The number of aromatic nitrogens is 5. The quantitative estimate of drug-likeness (QED) is 0.685. The molecule has 29 heavy (non-hydrogen) atoms. The van der Waals surface area contributed by atoms with Crippen LogP contribution in [-0.4, -0.2) is 62.1 Å². The van der Waals surface area contributed by atoms with Crippen LogP contribution in [0.1, 0.15) is 19.0 Å². The van der Waals surface area contributed by atoms with Gasteiger partial charge in [-0.1, -0.05) is 6.92 Å². The smallest absolute Gasteiger partial charge is 0.158 e. The zero-order valence-electron chi connectivity index (χ0n) is 16.5. The summed E-state index contributed by atoms with van der Waals surface area (Å²) >= 11 is 0. The second kappa shape index (κ2) is 8.24. The maximum Gasteiger partial charge on any atom is 0.158 e. The Morgan fingerprint density at radius 3 is 2.76 bits per heavy atom. The van der Waals surface area contributed by atoms with E-state index in [2.05, 4.69) is 55.1 Å². The van der Waals surface area contributed by atoms with E-state index >= 15 is 0 Å². The predicted molar refractivity (Wildman–Crippen MR) is 110 cm³/mol. The van der Waals surface area contributed by atoms with Crippen LogP contribution in [0.15, 0.2) is 43.2 Å². The number of hydrogen-bond donors (Lipinski definition) is 1. The van der Waals surface area contributed by atoms with Gasteiger partial charge in [0.15, 0.2) is 5.69 Å². The highest BCUT2D eigenvalue weighted by Crippen LogP contribution is 2.23. The van der Waals surface area contributed by atoms with Crippen molar-refractivity contribution in [3.63, 3.8) is 0 Å². The third kappa shape index (κ3) is 4.17. The van der Waals surface area contributed by atoms with E-state index < -0.39 is 0 Å². The lowest BCUT2D eigenvalue weighted by Crippen LogP contribution is -2.34. The Labute approximate surface area is 169 Å². The molecule has 9 heteroatoms. The standard InChI is InChI=1S/C20H23N9/c1-3-27(2)17-6-7-28(12-17)16-4-5-20(24-10-16)29-13-19(25-14-29)26-18-11-22-15(8-21)9-23-18/h4-5,9-11,13-14,17H,3,6-7,12H2,1-2H3,(H,23,26)/t17-/m1/s1. The molecule has 0 unspecified atom stereocenters. The van der Waals surface area contributed by atoms with Gasteiger partial charge in [0, 0.05) is 19.1 Å². The summed E-state index contributed by atoms with van der Waals surface area (Å²) in [6.45, 7) is 5.36. The van der Waals surface area contributed by atoms with Gasteiger partial charge < -0.3 is 15.1 Å². The van der Waals surface area contributed by atoms with Crippen LogP contribution < -0.4 is 10.2 Å². The lowest BCUT2D eigenvalue weighted by molar-refractivity contribution is 0.272. The van der Waals surface area contributed by atoms with E-state index in [0.717, 1.165) is 31.1 Å². The Bertz CT molecular complexity index is 988. The van der Waals surface area contributed by atoms with Crippen molar-refractivity contribution in [2.24, 2.45) is 0 Å². The van der Waals surface area contributed by atoms with Gasteiger partial charge in [-0.05, 0) is 32.1 Å². The second-order valence-corrected chi connectivity index (χ2v) is 7.03. The van der Waals surface area contributed by atoms with Gasteiger partial charge in [0.1, 0.15) is 29.9 Å². The van der Waals surface area contributed by atoms with E-state index in [9.17, 15) is 0 Å². The van der Waals surface area contributed by atoms with E-state index in [1.807, 2.05) is 29.1 Å². The summed E-state index contributed by atoms with van der Waals surface area (Å²) < 4.78 is 1.85. The van der Waals surface area contributed by atoms with Crippen molar-refractivity contribution in [2.45, 2.75) is 19.4 Å². The largest absolute Gasteiger partial charge is 0.369 e. The first kappa shape index (κ1) is 18.8. The fourth-order valence-corrected chi connectivity index (χ4v) is 3.41. The molecule has 1 atom stereocenters. The molecule has 0 amide bonds. The van der Waals surface area contributed by atoms with Gasteiger partial charge in [-0.15, -0.1) is 0 Å². The lowest BCUT2D eigenvalue weighted by atomic mass is 10.2. The Kier molecular flexibility index (Phi) is 5.35. The first-order valence-corrected chi connectivity index (χ1v) is 9.61. The molecule has 0 spiro atoms. The SMILES string of the molecule is CCN(C)[C@@H]1CCN(c2ccc(-n3cnc(Nc4cnc(C#N)cn4)c3)nc2)C1. The van der Waals surface area contributed by atoms with Crippen LogP contribution in [0, 0.1) is 11.3 Å². The highest BCUT2D eigenvalue weighted by Gasteiger charge is 2.25. The number of nitrogens with zero attached hydrogens (tertiary/aromatic N) is 8. The molecule has 9 nitrogen and oxygen atoms in total. The maximum absolute atomic E-state index is 8.78. The Morgan fingerprint density at radius 1 is 1.17 bits per heavy atom. The van der Waals surface area contributed by atoms with Crippen LogP contribution in [-0.2, 0) is 0 Å². The van der Waals surface area contributed by atoms with Gasteiger partial charge in [-0.3, -0.25) is 4.57 Å². The molecule has 148 valence electrons. The van der Waals surface area contributed by atoms with E-state index in [1.165, 1.54) is 18.8 Å². The van der Waals surface area contributed by atoms with Gasteiger partial charge in [0.2, 0.25) is 0 Å². The summed E-state index contributed by atoms with van der Waals surface area (Å²) in [4.78, 5) is 21.8. The van der Waals surface area contributed by atoms with Crippen LogP contribution >= 0.6 is 0 Å². The van der Waals surface area contributed by atoms with Crippen molar-refractivity contribution in [3.8, 4) is 11.9 Å². The van der Waals surface area contributed by atoms with Crippen LogP contribution in [0.3, 0.4) is 0 Å². The number of imidazole rings is 1. The maximum atomic E-state index is 8.78. The van der Waals surface area contributed by atoms with Crippen molar-refractivity contribution >= 4 is 17.3 Å². The first-order valence-electron chi connectivity index (χ1n) is 9.61. The highest BCUT2D eigenvalue weighted by molar-refractivity contribution is 5.51. The van der Waals surface area contributed by atoms with Crippen molar-refractivity contribution < 1.29 is 0 Å². The fourth-order valence-electron chi connectivity index (χ4n) is 3.41. The molecule has 1 saturated heterocycles. The summed E-state index contributed by atoms with van der Waals surface area (Å²) in [7, 11) is 2.18. The number of rotatable bonds is 6. The molecule has 0 saturated carbocycles. The van der Waals surface area contributed by atoms with Gasteiger partial charge in [0.25, 0.3) is 0 Å². The number of anilines is 3. The number of likely N-dealkylation sites (N-methyl/N-ethyl adjacent to an activating group) is 1. The molecule has 3 aromatic rings. The van der Waals surface area contributed by atoms with Crippen molar-refractivity contribution in [1.29, 1.82) is 5.26 Å². The van der Waals surface area contributed by atoms with Crippen molar-refractivity contribution in [1.82, 2.24) is 29.4 Å². The van der Waals surface area contributed by atoms with Gasteiger partial charge in [-0.2, -0.15) is 5.26 Å². The molecule has 1 N–H and O–H groups in total. The molecule has 3 aromatic heterocycles. The van der Waals surface area contributed by atoms with Crippen LogP contribution in [0.25, 0.3) is 5.82 Å². The minimum absolute atomic E-state index is 0.274. The van der Waals surface area contributed by atoms with E-state index in [0.29, 0.717) is 17.7 Å². The molecule has 0 bridgehead atoms. The zero-order valence-corrected chi connectivity index (χ0v) is 16.5. The summed E-state index contributed by atoms with van der Waals surface area (Å²) in [5.74, 6) is 1.94. The van der Waals surface area contributed by atoms with Crippen molar-refractivity contribution in [3.05, 3.63) is 48.9 Å². The third-order valence-corrected chi connectivity index (χ3v) is 5.25. The number of nitrogens with one attached hydrogen (secondary N) is 1. The average molecular weight is 389 g/mol. The molecule has 0 aromatic carbocycles. The second-order valence-electron chi connectivity index (χ2n) is 7.03. The molecule has 0 aliphatic carbocycles. The van der Waals surface area contributed by atoms with E-state index in [1.54, 1.807) is 6.33 Å². The molecule has 4 rings (SSSR count). The molecular formula is C20H23N9. The number of pyridine rings is 1. The summed E-state index contributed by atoms with van der Waals surface area (Å²) in [5, 5.41) is 11.9. The summed E-state index contributed by atoms with van der Waals surface area (Å²) in [5.41, 5.74) is 1.42. The van der Waals surface area contributed by atoms with Crippen LogP contribution in [0.5, 0.6) is 0 Å². The topological polar surface area (TPSA) is 98.8 Å². The molecule has 1 fully saturated rings. The molecule has 1 aliphatic rings. The van der Waals surface area contributed by atoms with Crippen molar-refractivity contribution in [2.75, 3.05) is 36.9 Å². The monoisotopic (exact) mass is 389 g/mol. The number of hydrogen-bond acceptors (Lipinski definition) is 8. The Morgan fingerprint density at radius 2 is 2.07 bits per heavy atom. The minimum Gasteiger partial charge on any atom is -0.369 e. The number of nitriles is 1. The van der Waals surface area contributed by atoms with Crippen LogP contribution in [0.4, 0.5) is 17.3 Å². The molecule has 0 radical (unpaired) electrons. The van der Waals surface area contributed by atoms with Gasteiger partial charge >= 0.3 is 0 Å². The highest BCUT2D eigenvalue weighted by atomic mass is 15.2. The van der Waals surface area contributed by atoms with Gasteiger partial charge in [0.05, 0.1) is 30.5 Å². The first-order chi connectivity index (χ1) is 14.2. The lowest BCUT2D eigenvalue weighted by Gasteiger charge is -2.23. The normalized spacial score (nSPS) is 16.2. The molecule has 1 aliphatic heterocycles. The van der Waals surface area contributed by atoms with Crippen LogP contribution in [0.2, 0.25) is 0 Å². The average Bonchev–Trinajstić information content (AvgIpc) is 3.44. The third-order valence-electron chi connectivity index (χ3n) is 5.25. The Hall–Kier alpha value is -3.51. The van der Waals surface area contributed by atoms with Gasteiger partial charge in [-0.25, -0.2) is 19.9 Å².